The molecule has 0 aliphatic carbocycles. The molecule has 0 aromatic carbocycles. The van der Waals surface area contributed by atoms with E-state index >= 15 is 0 Å². The van der Waals surface area contributed by atoms with E-state index < -0.39 is 12.3 Å². The first-order chi connectivity index (χ1) is 7.99. The normalized spacial score (nSPS) is 17.5. The van der Waals surface area contributed by atoms with E-state index in [0.29, 0.717) is 18.9 Å². The molecule has 0 aromatic rings. The first-order valence-corrected chi connectivity index (χ1v) is 9.95. The Morgan fingerprint density at radius 3 is 2.65 bits per heavy atom. The van der Waals surface area contributed by atoms with Gasteiger partial charge < -0.3 is 4.74 Å². The summed E-state index contributed by atoms with van der Waals surface area (Å²) in [5.74, 6) is 0. The Labute approximate surface area is 117 Å². The molecular formula is C11H21O2P2S2+. The molecule has 0 amide bonds. The number of hydrogen-bond acceptors (Lipinski definition) is 4. The second kappa shape index (κ2) is 9.61. The minimum absolute atomic E-state index is 0.412. The predicted octanol–water partition coefficient (Wildman–Crippen LogP) is 4.38. The van der Waals surface area contributed by atoms with E-state index in [0.717, 1.165) is 20.2 Å². The van der Waals surface area contributed by atoms with Gasteiger partial charge in [-0.05, 0) is 26.7 Å². The van der Waals surface area contributed by atoms with Crippen LogP contribution in [0, 0.1) is 0 Å². The zero-order valence-electron chi connectivity index (χ0n) is 10.7. The van der Waals surface area contributed by atoms with Gasteiger partial charge in [0.2, 0.25) is 0 Å². The summed E-state index contributed by atoms with van der Waals surface area (Å²) in [4.78, 5) is 0. The van der Waals surface area contributed by atoms with Crippen LogP contribution >= 0.6 is 14.3 Å². The highest BCUT2D eigenvalue weighted by Gasteiger charge is 2.21. The van der Waals surface area contributed by atoms with Gasteiger partial charge in [-0.2, -0.15) is 4.52 Å². The van der Waals surface area contributed by atoms with E-state index in [1.165, 1.54) is 0 Å². The van der Waals surface area contributed by atoms with Crippen LogP contribution in [0.3, 0.4) is 0 Å². The van der Waals surface area contributed by atoms with Crippen molar-refractivity contribution in [3.63, 3.8) is 0 Å². The van der Waals surface area contributed by atoms with Crippen LogP contribution in [0.25, 0.3) is 0 Å². The fraction of sp³-hybridized carbons (Fsp3) is 0.818. The maximum Gasteiger partial charge on any atom is 0.340 e. The summed E-state index contributed by atoms with van der Waals surface area (Å²) < 4.78 is 11.3. The van der Waals surface area contributed by atoms with Gasteiger partial charge in [-0.3, -0.25) is 0 Å². The molecule has 0 spiro atoms. The van der Waals surface area contributed by atoms with Gasteiger partial charge in [0, 0.05) is 7.36 Å². The molecule has 0 fully saturated rings. The second-order valence-corrected chi connectivity index (χ2v) is 8.34. The van der Waals surface area contributed by atoms with Gasteiger partial charge in [0.15, 0.2) is 17.5 Å². The van der Waals surface area contributed by atoms with Crippen LogP contribution in [0.15, 0.2) is 12.7 Å². The molecule has 98 valence electrons. The molecule has 0 aliphatic heterocycles. The highest BCUT2D eigenvalue weighted by atomic mass is 32.4. The molecular weight excluding hydrogens is 290 g/mol. The summed E-state index contributed by atoms with van der Waals surface area (Å²) in [6, 6.07) is 0. The van der Waals surface area contributed by atoms with Crippen LogP contribution in [0.2, 0.25) is 0 Å². The van der Waals surface area contributed by atoms with E-state index in [1.54, 1.807) is 6.08 Å². The summed E-state index contributed by atoms with van der Waals surface area (Å²) in [5.41, 5.74) is 0.491. The van der Waals surface area contributed by atoms with Crippen LogP contribution in [0.1, 0.15) is 33.6 Å². The summed E-state index contributed by atoms with van der Waals surface area (Å²) in [6.07, 6.45) is 3.68. The third-order valence-corrected chi connectivity index (χ3v) is 7.09. The molecule has 0 radical (unpaired) electrons. The van der Waals surface area contributed by atoms with Gasteiger partial charge in [-0.15, -0.1) is 0 Å². The number of rotatable bonds is 10. The predicted molar refractivity (Wildman–Crippen MR) is 83.4 cm³/mol. The maximum absolute atomic E-state index is 5.66. The van der Waals surface area contributed by atoms with Gasteiger partial charge in [0.25, 0.3) is 0 Å². The topological polar surface area (TPSA) is 18.5 Å². The molecule has 0 aromatic heterocycles. The zero-order valence-corrected chi connectivity index (χ0v) is 14.1. The standard InChI is InChI=1S/C11H21O2P2S2/c1-5-10(3)15(17)13-9-7-8-12-11(4,6-2)14-16/h6,10H,2,5,7-9H2,1,3-4H3/q+1. The van der Waals surface area contributed by atoms with Crippen LogP contribution in [-0.2, 0) is 32.9 Å². The van der Waals surface area contributed by atoms with E-state index in [-0.39, 0.29) is 0 Å². The van der Waals surface area contributed by atoms with Gasteiger partial charge >= 0.3 is 6.92 Å². The van der Waals surface area contributed by atoms with Gasteiger partial charge in [0.05, 0.1) is 6.61 Å². The van der Waals surface area contributed by atoms with E-state index in [1.807, 2.05) is 6.92 Å². The minimum atomic E-state index is -0.709. The van der Waals surface area contributed by atoms with Crippen molar-refractivity contribution in [1.82, 2.24) is 0 Å². The van der Waals surface area contributed by atoms with Crippen molar-refractivity contribution in [3.05, 3.63) is 12.7 Å². The van der Waals surface area contributed by atoms with Crippen molar-refractivity contribution in [2.75, 3.05) is 13.2 Å². The second-order valence-electron chi connectivity index (χ2n) is 3.93. The van der Waals surface area contributed by atoms with Crippen LogP contribution in [-0.4, -0.2) is 24.2 Å². The van der Waals surface area contributed by atoms with Crippen molar-refractivity contribution in [1.29, 1.82) is 0 Å². The largest absolute Gasteiger partial charge is 0.362 e. The molecule has 0 N–H and O–H groups in total. The van der Waals surface area contributed by atoms with Crippen molar-refractivity contribution in [2.45, 2.75) is 44.6 Å². The lowest BCUT2D eigenvalue weighted by Crippen LogP contribution is -2.18. The number of ether oxygens (including phenoxy) is 1. The smallest absolute Gasteiger partial charge is 0.340 e. The van der Waals surface area contributed by atoms with Gasteiger partial charge in [0.1, 0.15) is 11.9 Å². The minimum Gasteiger partial charge on any atom is -0.362 e. The quantitative estimate of drug-likeness (QED) is 0.338. The van der Waals surface area contributed by atoms with Crippen LogP contribution in [0.4, 0.5) is 0 Å². The Morgan fingerprint density at radius 1 is 1.53 bits per heavy atom. The fourth-order valence-corrected chi connectivity index (χ4v) is 3.02. The summed E-state index contributed by atoms with van der Waals surface area (Å²) in [6.45, 7) is 10.5. The fourth-order valence-electron chi connectivity index (χ4n) is 0.891. The molecule has 0 aliphatic rings. The van der Waals surface area contributed by atoms with Gasteiger partial charge in [-0.25, -0.2) is 0 Å². The summed E-state index contributed by atoms with van der Waals surface area (Å²) in [7, 11) is 0.761. The molecule has 0 saturated heterocycles. The molecule has 0 bridgehead atoms. The first-order valence-electron chi connectivity index (χ1n) is 5.70. The average molecular weight is 311 g/mol. The molecule has 2 nitrogen and oxygen atoms in total. The number of hydrogen-bond donors (Lipinski definition) is 0. The Balaban J connectivity index is 3.69. The third-order valence-electron chi connectivity index (χ3n) is 2.41. The molecule has 0 saturated carbocycles. The van der Waals surface area contributed by atoms with Crippen molar-refractivity contribution in [2.24, 2.45) is 0 Å². The SMILES string of the molecule is C=CC(C)(OCCCO[P+](=S)C(C)CC)P=S. The molecule has 3 unspecified atom stereocenters. The molecule has 17 heavy (non-hydrogen) atoms. The van der Waals surface area contributed by atoms with E-state index in [2.05, 4.69) is 20.4 Å². The highest BCUT2D eigenvalue weighted by molar-refractivity contribution is 8.03. The molecule has 3 atom stereocenters. The Bertz CT molecular complexity index is 264. The Hall–Kier alpha value is 0.700. The molecule has 6 heteroatoms. The summed E-state index contributed by atoms with van der Waals surface area (Å²) in [5, 5.41) is -0.412. The highest BCUT2D eigenvalue weighted by Crippen LogP contribution is 2.31. The Morgan fingerprint density at radius 2 is 2.18 bits per heavy atom. The Kier molecular flexibility index (Phi) is 10.0. The monoisotopic (exact) mass is 311 g/mol. The average Bonchev–Trinajstić information content (AvgIpc) is 2.36. The van der Waals surface area contributed by atoms with E-state index in [4.69, 9.17) is 32.9 Å². The van der Waals surface area contributed by atoms with Gasteiger partial charge in [-0.1, -0.05) is 31.4 Å². The molecule has 0 rings (SSSR count). The van der Waals surface area contributed by atoms with Crippen molar-refractivity contribution < 1.29 is 9.26 Å². The lowest BCUT2D eigenvalue weighted by atomic mass is 10.4. The zero-order chi connectivity index (χ0) is 13.3. The maximum atomic E-state index is 5.66. The van der Waals surface area contributed by atoms with Crippen LogP contribution < -0.4 is 0 Å². The van der Waals surface area contributed by atoms with Crippen molar-refractivity contribution >= 4 is 37.9 Å². The van der Waals surface area contributed by atoms with Crippen LogP contribution in [0.5, 0.6) is 0 Å². The van der Waals surface area contributed by atoms with Crippen molar-refractivity contribution in [3.8, 4) is 0 Å². The lowest BCUT2D eigenvalue weighted by molar-refractivity contribution is 0.0637. The van der Waals surface area contributed by atoms with E-state index in [9.17, 15) is 0 Å². The summed E-state index contributed by atoms with van der Waals surface area (Å²) >= 11 is 10.3. The lowest BCUT2D eigenvalue weighted by Gasteiger charge is -2.19. The third kappa shape index (κ3) is 7.66. The first kappa shape index (κ1) is 17.7. The molecule has 0 heterocycles.